The fraction of sp³-hybridized carbons (Fsp3) is 0.312. The third-order valence-electron chi connectivity index (χ3n) is 3.10. The number of hydrogen-bond donors (Lipinski definition) is 1. The fourth-order valence-corrected chi connectivity index (χ4v) is 1.83. The molecule has 0 radical (unpaired) electrons. The van der Waals surface area contributed by atoms with Crippen LogP contribution in [0, 0.1) is 0 Å². The lowest BCUT2D eigenvalue weighted by Crippen LogP contribution is -2.23. The maximum absolute atomic E-state index is 12.1. The highest BCUT2D eigenvalue weighted by atomic mass is 19.4. The van der Waals surface area contributed by atoms with Crippen LogP contribution >= 0.6 is 0 Å². The van der Waals surface area contributed by atoms with E-state index in [9.17, 15) is 18.0 Å². The molecule has 134 valence electrons. The summed E-state index contributed by atoms with van der Waals surface area (Å²) < 4.78 is 40.6. The van der Waals surface area contributed by atoms with Crippen LogP contribution in [0.2, 0.25) is 0 Å². The maximum Gasteiger partial charge on any atom is 0.422 e. The van der Waals surface area contributed by atoms with Crippen LogP contribution in [-0.2, 0) is 6.54 Å². The van der Waals surface area contributed by atoms with Crippen LogP contribution in [0.5, 0.6) is 5.88 Å². The van der Waals surface area contributed by atoms with Crippen molar-refractivity contribution in [1.29, 1.82) is 0 Å². The monoisotopic (exact) mass is 354 g/mol. The summed E-state index contributed by atoms with van der Waals surface area (Å²) in [5.74, 6) is 0.206. The molecule has 2 aromatic rings. The number of alkyl halides is 3. The minimum Gasteiger partial charge on any atom is -0.468 e. The standard InChI is InChI=1S/C16H17F3N4O2/c1-23(2)13-5-3-11(7-20-13)8-22-15(24)12-4-6-14(21-9-12)25-10-16(17,18)19/h3-7,9H,8,10H2,1-2H3,(H,22,24). The van der Waals surface area contributed by atoms with Gasteiger partial charge in [-0.1, -0.05) is 6.07 Å². The van der Waals surface area contributed by atoms with Crippen LogP contribution < -0.4 is 15.0 Å². The van der Waals surface area contributed by atoms with E-state index < -0.39 is 18.7 Å². The smallest absolute Gasteiger partial charge is 0.422 e. The first-order chi connectivity index (χ1) is 11.7. The van der Waals surface area contributed by atoms with E-state index in [0.29, 0.717) is 0 Å². The van der Waals surface area contributed by atoms with Gasteiger partial charge < -0.3 is 15.0 Å². The molecule has 0 unspecified atom stereocenters. The predicted molar refractivity (Wildman–Crippen MR) is 85.5 cm³/mol. The molecule has 0 fully saturated rings. The average Bonchev–Trinajstić information content (AvgIpc) is 2.58. The Morgan fingerprint density at radius 3 is 2.44 bits per heavy atom. The summed E-state index contributed by atoms with van der Waals surface area (Å²) in [4.78, 5) is 21.8. The number of halogens is 3. The number of carbonyl (C=O) groups is 1. The van der Waals surface area contributed by atoms with Gasteiger partial charge in [0.1, 0.15) is 5.82 Å². The molecule has 0 bridgehead atoms. The molecule has 25 heavy (non-hydrogen) atoms. The largest absolute Gasteiger partial charge is 0.468 e. The van der Waals surface area contributed by atoms with Crippen LogP contribution in [0.25, 0.3) is 0 Å². The summed E-state index contributed by atoms with van der Waals surface area (Å²) in [7, 11) is 3.75. The Bertz CT molecular complexity index is 701. The van der Waals surface area contributed by atoms with Gasteiger partial charge in [-0.3, -0.25) is 4.79 Å². The second kappa shape index (κ2) is 7.82. The number of amides is 1. The summed E-state index contributed by atoms with van der Waals surface area (Å²) in [5.41, 5.74) is 1.04. The van der Waals surface area contributed by atoms with Gasteiger partial charge in [-0.05, 0) is 17.7 Å². The number of rotatable bonds is 6. The summed E-state index contributed by atoms with van der Waals surface area (Å²) in [6.45, 7) is -1.16. The Balaban J connectivity index is 1.88. The molecule has 9 heteroatoms. The Hall–Kier alpha value is -2.84. The molecule has 0 aliphatic rings. The molecule has 0 saturated heterocycles. The van der Waals surface area contributed by atoms with E-state index in [1.54, 1.807) is 6.20 Å². The normalized spacial score (nSPS) is 11.1. The van der Waals surface area contributed by atoms with Crippen molar-refractivity contribution in [2.75, 3.05) is 25.6 Å². The van der Waals surface area contributed by atoms with Gasteiger partial charge in [0.15, 0.2) is 6.61 Å². The van der Waals surface area contributed by atoms with Crippen LogP contribution in [0.4, 0.5) is 19.0 Å². The van der Waals surface area contributed by atoms with Gasteiger partial charge in [0.2, 0.25) is 5.88 Å². The van der Waals surface area contributed by atoms with Crippen molar-refractivity contribution in [3.63, 3.8) is 0 Å². The van der Waals surface area contributed by atoms with E-state index in [-0.39, 0.29) is 18.0 Å². The molecule has 1 N–H and O–H groups in total. The molecular weight excluding hydrogens is 337 g/mol. The first-order valence-electron chi connectivity index (χ1n) is 7.30. The van der Waals surface area contributed by atoms with E-state index in [1.807, 2.05) is 31.1 Å². The molecule has 6 nitrogen and oxygen atoms in total. The van der Waals surface area contributed by atoms with Gasteiger partial charge in [0.25, 0.3) is 5.91 Å². The lowest BCUT2D eigenvalue weighted by Gasteiger charge is -2.11. The lowest BCUT2D eigenvalue weighted by molar-refractivity contribution is -0.154. The zero-order chi connectivity index (χ0) is 18.4. The number of hydrogen-bond acceptors (Lipinski definition) is 5. The topological polar surface area (TPSA) is 67.4 Å². The van der Waals surface area contributed by atoms with Crippen LogP contribution in [0.15, 0.2) is 36.7 Å². The molecule has 0 aliphatic carbocycles. The van der Waals surface area contributed by atoms with Crippen molar-refractivity contribution in [2.24, 2.45) is 0 Å². The molecule has 2 aromatic heterocycles. The van der Waals surface area contributed by atoms with Crippen molar-refractivity contribution in [3.8, 4) is 5.88 Å². The van der Waals surface area contributed by atoms with Crippen molar-refractivity contribution in [2.45, 2.75) is 12.7 Å². The van der Waals surface area contributed by atoms with E-state index in [1.165, 1.54) is 12.1 Å². The average molecular weight is 354 g/mol. The quantitative estimate of drug-likeness (QED) is 0.863. The van der Waals surface area contributed by atoms with Gasteiger partial charge in [-0.25, -0.2) is 9.97 Å². The van der Waals surface area contributed by atoms with E-state index in [4.69, 9.17) is 0 Å². The van der Waals surface area contributed by atoms with E-state index in [2.05, 4.69) is 20.0 Å². The van der Waals surface area contributed by atoms with Crippen molar-refractivity contribution < 1.29 is 22.7 Å². The molecule has 0 aromatic carbocycles. The van der Waals surface area contributed by atoms with Gasteiger partial charge in [-0.2, -0.15) is 13.2 Å². The fourth-order valence-electron chi connectivity index (χ4n) is 1.83. The second-order valence-corrected chi connectivity index (χ2v) is 5.39. The highest BCUT2D eigenvalue weighted by Crippen LogP contribution is 2.17. The number of carbonyl (C=O) groups excluding carboxylic acids is 1. The Morgan fingerprint density at radius 1 is 1.16 bits per heavy atom. The molecular formula is C16H17F3N4O2. The summed E-state index contributed by atoms with van der Waals surface area (Å²) in [6.07, 6.45) is -1.62. The molecule has 0 atom stereocenters. The Kier molecular flexibility index (Phi) is 5.79. The number of pyridine rings is 2. The Labute approximate surface area is 142 Å². The minimum absolute atomic E-state index is 0.197. The molecule has 1 amide bonds. The second-order valence-electron chi connectivity index (χ2n) is 5.39. The zero-order valence-corrected chi connectivity index (χ0v) is 13.7. The molecule has 2 rings (SSSR count). The number of nitrogens with zero attached hydrogens (tertiary/aromatic N) is 3. The van der Waals surface area contributed by atoms with Gasteiger partial charge >= 0.3 is 6.18 Å². The Morgan fingerprint density at radius 2 is 1.92 bits per heavy atom. The summed E-state index contributed by atoms with van der Waals surface area (Å²) in [6, 6.07) is 6.24. The molecule has 2 heterocycles. The third kappa shape index (κ3) is 5.94. The van der Waals surface area contributed by atoms with Crippen LogP contribution in [0.3, 0.4) is 0 Å². The third-order valence-corrected chi connectivity index (χ3v) is 3.10. The number of nitrogens with one attached hydrogen (secondary N) is 1. The van der Waals surface area contributed by atoms with Crippen molar-refractivity contribution in [3.05, 3.63) is 47.8 Å². The number of ether oxygens (including phenoxy) is 1. The summed E-state index contributed by atoms with van der Waals surface area (Å²) >= 11 is 0. The molecule has 0 spiro atoms. The molecule has 0 saturated carbocycles. The molecule has 0 aliphatic heterocycles. The zero-order valence-electron chi connectivity index (χ0n) is 13.7. The highest BCUT2D eigenvalue weighted by molar-refractivity contribution is 5.93. The first-order valence-corrected chi connectivity index (χ1v) is 7.30. The van der Waals surface area contributed by atoms with E-state index in [0.717, 1.165) is 17.6 Å². The van der Waals surface area contributed by atoms with Gasteiger partial charge in [-0.15, -0.1) is 0 Å². The lowest BCUT2D eigenvalue weighted by atomic mass is 10.2. The van der Waals surface area contributed by atoms with Crippen LogP contribution in [0.1, 0.15) is 15.9 Å². The van der Waals surface area contributed by atoms with E-state index >= 15 is 0 Å². The van der Waals surface area contributed by atoms with Gasteiger partial charge in [0, 0.05) is 39.1 Å². The van der Waals surface area contributed by atoms with Crippen LogP contribution in [-0.4, -0.2) is 42.8 Å². The number of aromatic nitrogens is 2. The SMILES string of the molecule is CN(C)c1ccc(CNC(=O)c2ccc(OCC(F)(F)F)nc2)cn1. The highest BCUT2D eigenvalue weighted by Gasteiger charge is 2.28. The predicted octanol–water partition coefficient (Wildman–Crippen LogP) is 2.41. The van der Waals surface area contributed by atoms with Crippen molar-refractivity contribution in [1.82, 2.24) is 15.3 Å². The number of anilines is 1. The first kappa shape index (κ1) is 18.5. The summed E-state index contributed by atoms with van der Waals surface area (Å²) in [5, 5.41) is 2.69. The van der Waals surface area contributed by atoms with Gasteiger partial charge in [0.05, 0.1) is 5.56 Å². The minimum atomic E-state index is -4.44. The maximum atomic E-state index is 12.1. The van der Waals surface area contributed by atoms with Crippen molar-refractivity contribution >= 4 is 11.7 Å².